The summed E-state index contributed by atoms with van der Waals surface area (Å²) in [6, 6.07) is 15.8. The van der Waals surface area contributed by atoms with E-state index in [0.29, 0.717) is 6.42 Å². The first kappa shape index (κ1) is 16.6. The number of nitrogens with one attached hydrogen (secondary N) is 1. The number of benzene rings is 2. The second-order valence-electron chi connectivity index (χ2n) is 5.72. The number of rotatable bonds is 5. The quantitative estimate of drug-likeness (QED) is 0.844. The van der Waals surface area contributed by atoms with Gasteiger partial charge in [0.15, 0.2) is 0 Å². The van der Waals surface area contributed by atoms with E-state index in [-0.39, 0.29) is 11.8 Å². The van der Waals surface area contributed by atoms with E-state index in [2.05, 4.69) is 5.32 Å². The lowest BCUT2D eigenvalue weighted by molar-refractivity contribution is -0.117. The molecule has 4 nitrogen and oxygen atoms in total. The van der Waals surface area contributed by atoms with E-state index in [1.54, 1.807) is 23.6 Å². The van der Waals surface area contributed by atoms with Gasteiger partial charge in [-0.05, 0) is 36.2 Å². The zero-order valence-electron chi connectivity index (χ0n) is 13.6. The van der Waals surface area contributed by atoms with Crippen molar-refractivity contribution in [1.29, 1.82) is 0 Å². The Bertz CT molecular complexity index is 746. The van der Waals surface area contributed by atoms with Crippen LogP contribution >= 0.6 is 11.8 Å². The van der Waals surface area contributed by atoms with Gasteiger partial charge in [-0.25, -0.2) is 0 Å². The zero-order chi connectivity index (χ0) is 16.9. The van der Waals surface area contributed by atoms with Crippen LogP contribution in [0.1, 0.15) is 18.9 Å². The van der Waals surface area contributed by atoms with Gasteiger partial charge < -0.3 is 10.2 Å². The predicted molar refractivity (Wildman–Crippen MR) is 98.6 cm³/mol. The molecule has 0 radical (unpaired) electrons. The summed E-state index contributed by atoms with van der Waals surface area (Å²) in [6.45, 7) is 2.29. The highest BCUT2D eigenvalue weighted by Crippen LogP contribution is 2.31. The molecule has 0 aromatic heterocycles. The summed E-state index contributed by atoms with van der Waals surface area (Å²) in [6.07, 6.45) is 1.32. The smallest absolute Gasteiger partial charge is 0.225 e. The maximum Gasteiger partial charge on any atom is 0.225 e. The third kappa shape index (κ3) is 3.97. The van der Waals surface area contributed by atoms with Crippen LogP contribution in [-0.2, 0) is 16.0 Å². The molecule has 0 saturated carbocycles. The standard InChI is InChI=1S/C19H20N2O2S/c1-14(22)21-11-9-15-7-8-16(13-18(15)21)20-19(23)10-12-24-17-5-3-2-4-6-17/h2-8,13H,9-12H2,1H3,(H,20,23). The first-order valence-electron chi connectivity index (χ1n) is 8.02. The summed E-state index contributed by atoms with van der Waals surface area (Å²) in [5.41, 5.74) is 2.82. The van der Waals surface area contributed by atoms with Gasteiger partial charge in [0.05, 0.1) is 0 Å². The molecular weight excluding hydrogens is 320 g/mol. The Morgan fingerprint density at radius 1 is 1.17 bits per heavy atom. The molecule has 1 aliphatic heterocycles. The molecule has 5 heteroatoms. The minimum absolute atomic E-state index is 0.00856. The molecule has 0 fully saturated rings. The van der Waals surface area contributed by atoms with Crippen molar-refractivity contribution in [2.75, 3.05) is 22.5 Å². The Balaban J connectivity index is 1.55. The van der Waals surface area contributed by atoms with Gasteiger partial charge in [-0.1, -0.05) is 24.3 Å². The van der Waals surface area contributed by atoms with Crippen molar-refractivity contribution in [1.82, 2.24) is 0 Å². The molecule has 3 rings (SSSR count). The number of carbonyl (C=O) groups excluding carboxylic acids is 2. The fraction of sp³-hybridized carbons (Fsp3) is 0.263. The normalized spacial score (nSPS) is 12.8. The second kappa shape index (κ2) is 7.53. The van der Waals surface area contributed by atoms with Crippen molar-refractivity contribution >= 4 is 35.0 Å². The van der Waals surface area contributed by atoms with Crippen molar-refractivity contribution in [3.05, 3.63) is 54.1 Å². The van der Waals surface area contributed by atoms with Crippen LogP contribution in [0.3, 0.4) is 0 Å². The topological polar surface area (TPSA) is 49.4 Å². The first-order chi connectivity index (χ1) is 11.6. The van der Waals surface area contributed by atoms with Gasteiger partial charge in [-0.3, -0.25) is 9.59 Å². The van der Waals surface area contributed by atoms with Gasteiger partial charge in [0.25, 0.3) is 0 Å². The average Bonchev–Trinajstić information content (AvgIpc) is 2.99. The summed E-state index contributed by atoms with van der Waals surface area (Å²) in [5.74, 6) is 0.766. The number of hydrogen-bond donors (Lipinski definition) is 1. The van der Waals surface area contributed by atoms with Gasteiger partial charge in [-0.2, -0.15) is 0 Å². The van der Waals surface area contributed by atoms with E-state index in [1.807, 2.05) is 48.5 Å². The van der Waals surface area contributed by atoms with Crippen LogP contribution in [-0.4, -0.2) is 24.1 Å². The molecule has 2 aromatic carbocycles. The van der Waals surface area contributed by atoms with Crippen LogP contribution in [0.2, 0.25) is 0 Å². The van der Waals surface area contributed by atoms with E-state index < -0.39 is 0 Å². The fourth-order valence-electron chi connectivity index (χ4n) is 2.79. The van der Waals surface area contributed by atoms with Crippen molar-refractivity contribution in [3.63, 3.8) is 0 Å². The zero-order valence-corrected chi connectivity index (χ0v) is 14.4. The van der Waals surface area contributed by atoms with Gasteiger partial charge in [0, 0.05) is 41.9 Å². The third-order valence-electron chi connectivity index (χ3n) is 3.99. The van der Waals surface area contributed by atoms with E-state index >= 15 is 0 Å². The summed E-state index contributed by atoms with van der Waals surface area (Å²) in [4.78, 5) is 26.7. The number of hydrogen-bond acceptors (Lipinski definition) is 3. The van der Waals surface area contributed by atoms with Crippen LogP contribution in [0.25, 0.3) is 0 Å². The number of nitrogens with zero attached hydrogens (tertiary/aromatic N) is 1. The second-order valence-corrected chi connectivity index (χ2v) is 6.89. The minimum atomic E-state index is -0.00856. The maximum absolute atomic E-state index is 12.1. The van der Waals surface area contributed by atoms with E-state index in [1.165, 1.54) is 4.90 Å². The highest BCUT2D eigenvalue weighted by atomic mass is 32.2. The SMILES string of the molecule is CC(=O)N1CCc2ccc(NC(=O)CCSc3ccccc3)cc21. The van der Waals surface area contributed by atoms with Crippen molar-refractivity contribution < 1.29 is 9.59 Å². The number of fused-ring (bicyclic) bond motifs is 1. The van der Waals surface area contributed by atoms with Gasteiger partial charge in [0.2, 0.25) is 11.8 Å². The van der Waals surface area contributed by atoms with Crippen LogP contribution in [0.4, 0.5) is 11.4 Å². The molecule has 0 bridgehead atoms. The molecule has 1 aliphatic rings. The molecular formula is C19H20N2O2S. The van der Waals surface area contributed by atoms with Gasteiger partial charge in [0.1, 0.15) is 0 Å². The number of amides is 2. The van der Waals surface area contributed by atoms with Crippen molar-refractivity contribution in [2.24, 2.45) is 0 Å². The summed E-state index contributed by atoms with van der Waals surface area (Å²) in [5, 5.41) is 2.93. The molecule has 24 heavy (non-hydrogen) atoms. The Labute approximate surface area is 146 Å². The van der Waals surface area contributed by atoms with Crippen LogP contribution in [0, 0.1) is 0 Å². The molecule has 0 aliphatic carbocycles. The van der Waals surface area contributed by atoms with E-state index in [9.17, 15) is 9.59 Å². The molecule has 1 N–H and O–H groups in total. The number of thioether (sulfide) groups is 1. The Morgan fingerprint density at radius 3 is 2.71 bits per heavy atom. The lowest BCUT2D eigenvalue weighted by Crippen LogP contribution is -2.25. The van der Waals surface area contributed by atoms with Gasteiger partial charge in [-0.15, -0.1) is 11.8 Å². The predicted octanol–water partition coefficient (Wildman–Crippen LogP) is 3.72. The number of carbonyl (C=O) groups is 2. The fourth-order valence-corrected chi connectivity index (χ4v) is 3.66. The van der Waals surface area contributed by atoms with Crippen molar-refractivity contribution in [2.45, 2.75) is 24.7 Å². The third-order valence-corrected chi connectivity index (χ3v) is 5.00. The highest BCUT2D eigenvalue weighted by Gasteiger charge is 2.22. The summed E-state index contributed by atoms with van der Waals surface area (Å²) < 4.78 is 0. The molecule has 0 spiro atoms. The Kier molecular flexibility index (Phi) is 5.20. The summed E-state index contributed by atoms with van der Waals surface area (Å²) in [7, 11) is 0. The minimum Gasteiger partial charge on any atom is -0.326 e. The largest absolute Gasteiger partial charge is 0.326 e. The molecule has 2 amide bonds. The molecule has 2 aromatic rings. The Morgan fingerprint density at radius 2 is 1.96 bits per heavy atom. The lowest BCUT2D eigenvalue weighted by atomic mass is 10.1. The van der Waals surface area contributed by atoms with Gasteiger partial charge >= 0.3 is 0 Å². The molecule has 0 atom stereocenters. The highest BCUT2D eigenvalue weighted by molar-refractivity contribution is 7.99. The molecule has 124 valence electrons. The van der Waals surface area contributed by atoms with Crippen molar-refractivity contribution in [3.8, 4) is 0 Å². The lowest BCUT2D eigenvalue weighted by Gasteiger charge is -2.15. The molecule has 0 saturated heterocycles. The maximum atomic E-state index is 12.1. The van der Waals surface area contributed by atoms with Crippen LogP contribution < -0.4 is 10.2 Å². The summed E-state index contributed by atoms with van der Waals surface area (Å²) >= 11 is 1.67. The average molecular weight is 340 g/mol. The monoisotopic (exact) mass is 340 g/mol. The molecule has 1 heterocycles. The Hall–Kier alpha value is -2.27. The van der Waals surface area contributed by atoms with Crippen LogP contribution in [0.15, 0.2) is 53.4 Å². The number of anilines is 2. The first-order valence-corrected chi connectivity index (χ1v) is 9.01. The molecule has 0 unspecified atom stereocenters. The van der Waals surface area contributed by atoms with E-state index in [4.69, 9.17) is 0 Å². The van der Waals surface area contributed by atoms with Crippen LogP contribution in [0.5, 0.6) is 0 Å². The van der Waals surface area contributed by atoms with E-state index in [0.717, 1.165) is 35.7 Å².